The largest absolute Gasteiger partial charge is 0.381 e. The van der Waals surface area contributed by atoms with Gasteiger partial charge in [0.1, 0.15) is 0 Å². The van der Waals surface area contributed by atoms with E-state index >= 15 is 0 Å². The summed E-state index contributed by atoms with van der Waals surface area (Å²) in [6.07, 6.45) is 2.11. The molecule has 0 atom stereocenters. The van der Waals surface area contributed by atoms with Gasteiger partial charge in [0.25, 0.3) is 5.56 Å². The smallest absolute Gasteiger partial charge is 0.252 e. The van der Waals surface area contributed by atoms with Gasteiger partial charge < -0.3 is 25.3 Å². The van der Waals surface area contributed by atoms with Gasteiger partial charge in [-0.1, -0.05) is 24.3 Å². The van der Waals surface area contributed by atoms with Gasteiger partial charge in [-0.3, -0.25) is 9.69 Å². The highest BCUT2D eigenvalue weighted by Gasteiger charge is 2.23. The molecule has 0 radical (unpaired) electrons. The van der Waals surface area contributed by atoms with E-state index in [0.29, 0.717) is 19.1 Å². The number of H-pyrrole nitrogens is 1. The maximum atomic E-state index is 12.6. The maximum Gasteiger partial charge on any atom is 0.252 e. The zero-order valence-corrected chi connectivity index (χ0v) is 25.3. The van der Waals surface area contributed by atoms with Crippen LogP contribution in [0.3, 0.4) is 0 Å². The topological polar surface area (TPSA) is 72.6 Å². The summed E-state index contributed by atoms with van der Waals surface area (Å²) in [6, 6.07) is 16.4. The number of anilines is 1. The fourth-order valence-corrected chi connectivity index (χ4v) is 6.38. The van der Waals surface area contributed by atoms with Gasteiger partial charge in [0.05, 0.1) is 0 Å². The molecule has 3 aromatic rings. The summed E-state index contributed by atoms with van der Waals surface area (Å²) in [4.78, 5) is 20.7. The Kier molecular flexibility index (Phi) is 9.93. The first-order chi connectivity index (χ1) is 19.9. The maximum absolute atomic E-state index is 12.6. The van der Waals surface area contributed by atoms with E-state index in [0.717, 1.165) is 82.1 Å². The van der Waals surface area contributed by atoms with Crippen LogP contribution in [0.15, 0.2) is 47.3 Å². The minimum absolute atomic E-state index is 0.00116. The number of aromatic nitrogens is 1. The average molecular weight is 558 g/mol. The number of aryl methyl sites for hydroxylation is 2. The van der Waals surface area contributed by atoms with Crippen molar-refractivity contribution < 1.29 is 4.74 Å². The van der Waals surface area contributed by atoms with E-state index < -0.39 is 0 Å². The molecule has 2 fully saturated rings. The number of hydrogen-bond donors (Lipinski definition) is 3. The van der Waals surface area contributed by atoms with Gasteiger partial charge in [-0.05, 0) is 92.1 Å². The number of rotatable bonds is 10. The van der Waals surface area contributed by atoms with Crippen molar-refractivity contribution in [1.29, 1.82) is 0 Å². The van der Waals surface area contributed by atoms with Crippen LogP contribution >= 0.6 is 0 Å². The molecule has 220 valence electrons. The highest BCUT2D eigenvalue weighted by molar-refractivity contribution is 5.73. The first kappa shape index (κ1) is 29.5. The second-order valence-corrected chi connectivity index (χ2v) is 11.7. The third-order valence-corrected chi connectivity index (χ3v) is 8.78. The van der Waals surface area contributed by atoms with Crippen LogP contribution in [0.25, 0.3) is 11.1 Å². The molecule has 7 heteroatoms. The van der Waals surface area contributed by atoms with Crippen molar-refractivity contribution in [2.24, 2.45) is 0 Å². The first-order valence-electron chi connectivity index (χ1n) is 15.3. The zero-order valence-electron chi connectivity index (χ0n) is 25.3. The van der Waals surface area contributed by atoms with E-state index in [-0.39, 0.29) is 5.56 Å². The molecule has 2 aliphatic rings. The summed E-state index contributed by atoms with van der Waals surface area (Å²) in [6.45, 7) is 17.7. The SMILES string of the molecule is CCN(c1cc(-c2ccc(CN3CCNCC3)cc2)cc(CNCc2c(C)cc(C)[nH]c2=O)c1C)C1CCOCC1. The lowest BCUT2D eigenvalue weighted by Crippen LogP contribution is -2.42. The molecule has 2 aromatic carbocycles. The van der Waals surface area contributed by atoms with Gasteiger partial charge in [0.2, 0.25) is 0 Å². The number of aromatic amines is 1. The number of benzene rings is 2. The Hall–Kier alpha value is -2.97. The summed E-state index contributed by atoms with van der Waals surface area (Å²) >= 11 is 0. The Balaban J connectivity index is 1.42. The highest BCUT2D eigenvalue weighted by atomic mass is 16.5. The van der Waals surface area contributed by atoms with Gasteiger partial charge in [0.15, 0.2) is 0 Å². The Morgan fingerprint density at radius 2 is 1.71 bits per heavy atom. The Morgan fingerprint density at radius 1 is 0.976 bits per heavy atom. The molecule has 41 heavy (non-hydrogen) atoms. The van der Waals surface area contributed by atoms with Crippen molar-refractivity contribution in [2.75, 3.05) is 50.8 Å². The summed E-state index contributed by atoms with van der Waals surface area (Å²) in [5.74, 6) is 0. The van der Waals surface area contributed by atoms with Crippen LogP contribution in [0.2, 0.25) is 0 Å². The molecular weight excluding hydrogens is 510 g/mol. The highest BCUT2D eigenvalue weighted by Crippen LogP contribution is 2.34. The van der Waals surface area contributed by atoms with E-state index in [2.05, 4.69) is 75.7 Å². The standard InChI is InChI=1S/C34H47N5O2/c1-5-39(31-10-16-41-17-11-31)33-20-29(28-8-6-27(7-9-28)23-38-14-12-35-13-15-38)19-30(26(33)4)21-36-22-32-24(2)18-25(3)37-34(32)40/h6-9,18-20,31,35-36H,5,10-17,21-23H2,1-4H3,(H,37,40). The fourth-order valence-electron chi connectivity index (χ4n) is 6.38. The van der Waals surface area contributed by atoms with E-state index in [1.54, 1.807) is 0 Å². The lowest BCUT2D eigenvalue weighted by atomic mass is 9.95. The molecule has 3 N–H and O–H groups in total. The molecule has 0 aliphatic carbocycles. The second kappa shape index (κ2) is 13.8. The van der Waals surface area contributed by atoms with E-state index in [9.17, 15) is 4.79 Å². The van der Waals surface area contributed by atoms with E-state index in [4.69, 9.17) is 4.74 Å². The summed E-state index contributed by atoms with van der Waals surface area (Å²) in [5.41, 5.74) is 10.5. The lowest BCUT2D eigenvalue weighted by molar-refractivity contribution is 0.0846. The predicted octanol–water partition coefficient (Wildman–Crippen LogP) is 4.67. The predicted molar refractivity (Wildman–Crippen MR) is 169 cm³/mol. The van der Waals surface area contributed by atoms with Gasteiger partial charge in [-0.2, -0.15) is 0 Å². The molecule has 0 spiro atoms. The van der Waals surface area contributed by atoms with Crippen LogP contribution in [0.5, 0.6) is 0 Å². The van der Waals surface area contributed by atoms with E-state index in [1.807, 2.05) is 19.9 Å². The normalized spacial score (nSPS) is 16.7. The molecule has 0 amide bonds. The van der Waals surface area contributed by atoms with Crippen molar-refractivity contribution in [2.45, 2.75) is 66.2 Å². The molecule has 0 unspecified atom stereocenters. The van der Waals surface area contributed by atoms with Crippen LogP contribution in [0.1, 0.15) is 53.3 Å². The van der Waals surface area contributed by atoms with Crippen molar-refractivity contribution in [1.82, 2.24) is 20.5 Å². The zero-order chi connectivity index (χ0) is 28.8. The summed E-state index contributed by atoms with van der Waals surface area (Å²) in [5, 5.41) is 7.03. The molecule has 3 heterocycles. The van der Waals surface area contributed by atoms with Crippen molar-refractivity contribution in [3.8, 4) is 11.1 Å². The summed E-state index contributed by atoms with van der Waals surface area (Å²) < 4.78 is 5.69. The van der Waals surface area contributed by atoms with Crippen molar-refractivity contribution in [3.63, 3.8) is 0 Å². The number of nitrogens with one attached hydrogen (secondary N) is 3. The van der Waals surface area contributed by atoms with Gasteiger partial charge >= 0.3 is 0 Å². The molecule has 0 saturated carbocycles. The van der Waals surface area contributed by atoms with Gasteiger partial charge in [0, 0.05) is 88.6 Å². The Morgan fingerprint density at radius 3 is 2.39 bits per heavy atom. The molecule has 2 saturated heterocycles. The van der Waals surface area contributed by atoms with Crippen molar-refractivity contribution >= 4 is 5.69 Å². The van der Waals surface area contributed by atoms with Crippen molar-refractivity contribution in [3.05, 3.63) is 86.3 Å². The number of piperazine rings is 1. The van der Waals surface area contributed by atoms with Crippen LogP contribution in [0.4, 0.5) is 5.69 Å². The third kappa shape index (κ3) is 7.28. The average Bonchev–Trinajstić information content (AvgIpc) is 2.98. The Bertz CT molecular complexity index is 1350. The number of pyridine rings is 1. The molecule has 1 aromatic heterocycles. The van der Waals surface area contributed by atoms with Crippen LogP contribution in [0, 0.1) is 20.8 Å². The minimum atomic E-state index is -0.00116. The van der Waals surface area contributed by atoms with E-state index in [1.165, 1.54) is 33.5 Å². The number of nitrogens with zero attached hydrogens (tertiary/aromatic N) is 2. The Labute approximate surface area is 245 Å². The van der Waals surface area contributed by atoms with Crippen LogP contribution in [-0.2, 0) is 24.4 Å². The van der Waals surface area contributed by atoms with Gasteiger partial charge in [-0.25, -0.2) is 0 Å². The first-order valence-corrected chi connectivity index (χ1v) is 15.3. The molecule has 7 nitrogen and oxygen atoms in total. The third-order valence-electron chi connectivity index (χ3n) is 8.78. The van der Waals surface area contributed by atoms with Crippen LogP contribution in [-0.4, -0.2) is 61.9 Å². The van der Waals surface area contributed by atoms with Gasteiger partial charge in [-0.15, -0.1) is 0 Å². The molecular formula is C34H47N5O2. The quantitative estimate of drug-likeness (QED) is 0.337. The monoisotopic (exact) mass is 557 g/mol. The van der Waals surface area contributed by atoms with Crippen LogP contribution < -0.4 is 21.1 Å². The molecule has 5 rings (SSSR count). The fraction of sp³-hybridized carbons (Fsp3) is 0.500. The lowest BCUT2D eigenvalue weighted by Gasteiger charge is -2.37. The summed E-state index contributed by atoms with van der Waals surface area (Å²) in [7, 11) is 0. The molecule has 0 bridgehead atoms. The second-order valence-electron chi connectivity index (χ2n) is 11.7. The number of hydrogen-bond acceptors (Lipinski definition) is 6. The minimum Gasteiger partial charge on any atom is -0.381 e. The number of ether oxygens (including phenoxy) is 1. The molecule has 2 aliphatic heterocycles.